The fourth-order valence-electron chi connectivity index (χ4n) is 1.60. The van der Waals surface area contributed by atoms with E-state index >= 15 is 0 Å². The first-order valence-corrected chi connectivity index (χ1v) is 6.45. The second-order valence-corrected chi connectivity index (χ2v) is 4.92. The first kappa shape index (κ1) is 15.4. The molecule has 1 aromatic rings. The van der Waals surface area contributed by atoms with Gasteiger partial charge in [0.15, 0.2) is 0 Å². The summed E-state index contributed by atoms with van der Waals surface area (Å²) in [6, 6.07) is 4.47. The lowest BCUT2D eigenvalue weighted by Gasteiger charge is -2.20. The van der Waals surface area contributed by atoms with Crippen molar-refractivity contribution in [1.82, 2.24) is 10.2 Å². The Labute approximate surface area is 113 Å². The summed E-state index contributed by atoms with van der Waals surface area (Å²) in [6.07, 6.45) is 0.824. The van der Waals surface area contributed by atoms with Crippen molar-refractivity contribution in [1.29, 1.82) is 0 Å². The minimum Gasteiger partial charge on any atom is -0.399 e. The van der Waals surface area contributed by atoms with Gasteiger partial charge in [0, 0.05) is 18.3 Å². The molecule has 0 aromatic heterocycles. The topological polar surface area (TPSA) is 58.4 Å². The molecule has 0 saturated heterocycles. The number of halogens is 1. The molecule has 0 aliphatic heterocycles. The first-order valence-electron chi connectivity index (χ1n) is 6.45. The highest BCUT2D eigenvalue weighted by Gasteiger charge is 2.11. The summed E-state index contributed by atoms with van der Waals surface area (Å²) in [7, 11) is 2.03. The maximum Gasteiger partial charge on any atom is 0.254 e. The van der Waals surface area contributed by atoms with E-state index in [2.05, 4.69) is 24.1 Å². The molecule has 5 heteroatoms. The Morgan fingerprint density at radius 1 is 1.47 bits per heavy atom. The molecule has 0 aliphatic carbocycles. The van der Waals surface area contributed by atoms with E-state index in [-0.39, 0.29) is 5.56 Å². The van der Waals surface area contributed by atoms with Crippen LogP contribution in [0.5, 0.6) is 0 Å². The SMILES string of the molecule is CC(C)N(C)CCCNC(=O)c1cc(N)ccc1F. The van der Waals surface area contributed by atoms with E-state index in [9.17, 15) is 9.18 Å². The highest BCUT2D eigenvalue weighted by molar-refractivity contribution is 5.95. The summed E-state index contributed by atoms with van der Waals surface area (Å²) in [5, 5.41) is 2.70. The third-order valence-electron chi connectivity index (χ3n) is 3.09. The summed E-state index contributed by atoms with van der Waals surface area (Å²) in [5.41, 5.74) is 5.92. The normalized spacial score (nSPS) is 11.1. The van der Waals surface area contributed by atoms with E-state index in [4.69, 9.17) is 5.73 Å². The Kier molecular flexibility index (Phi) is 5.76. The smallest absolute Gasteiger partial charge is 0.254 e. The summed E-state index contributed by atoms with van der Waals surface area (Å²) >= 11 is 0. The maximum absolute atomic E-state index is 13.4. The number of hydrogen-bond donors (Lipinski definition) is 2. The Hall–Kier alpha value is -1.62. The molecule has 0 aliphatic rings. The minimum atomic E-state index is -0.550. The molecule has 1 amide bonds. The molecule has 0 unspecified atom stereocenters. The zero-order valence-corrected chi connectivity index (χ0v) is 11.7. The largest absolute Gasteiger partial charge is 0.399 e. The van der Waals surface area contributed by atoms with Crippen LogP contribution in [0.1, 0.15) is 30.6 Å². The van der Waals surface area contributed by atoms with E-state index in [1.807, 2.05) is 7.05 Å². The number of carbonyl (C=O) groups excluding carboxylic acids is 1. The van der Waals surface area contributed by atoms with Crippen LogP contribution in [0.25, 0.3) is 0 Å². The van der Waals surface area contributed by atoms with Crippen LogP contribution >= 0.6 is 0 Å². The predicted octanol–water partition coefficient (Wildman–Crippen LogP) is 1.87. The lowest BCUT2D eigenvalue weighted by Crippen LogP contribution is -2.31. The van der Waals surface area contributed by atoms with Crippen LogP contribution in [0.15, 0.2) is 18.2 Å². The van der Waals surface area contributed by atoms with Crippen LogP contribution in [-0.2, 0) is 0 Å². The molecular formula is C14H22FN3O. The van der Waals surface area contributed by atoms with Crippen LogP contribution in [-0.4, -0.2) is 37.0 Å². The molecule has 1 rings (SSSR count). The third-order valence-corrected chi connectivity index (χ3v) is 3.09. The first-order chi connectivity index (χ1) is 8.91. The van der Waals surface area contributed by atoms with Gasteiger partial charge in [-0.15, -0.1) is 0 Å². The quantitative estimate of drug-likeness (QED) is 0.611. The van der Waals surface area contributed by atoms with Crippen LogP contribution in [0.4, 0.5) is 10.1 Å². The van der Waals surface area contributed by atoms with Crippen molar-refractivity contribution in [3.63, 3.8) is 0 Å². The van der Waals surface area contributed by atoms with Gasteiger partial charge in [0.25, 0.3) is 5.91 Å². The molecular weight excluding hydrogens is 245 g/mol. The van der Waals surface area contributed by atoms with E-state index in [0.717, 1.165) is 13.0 Å². The van der Waals surface area contributed by atoms with Crippen LogP contribution in [0.2, 0.25) is 0 Å². The van der Waals surface area contributed by atoms with Crippen molar-refractivity contribution in [2.75, 3.05) is 25.9 Å². The molecule has 0 heterocycles. The number of nitrogens with one attached hydrogen (secondary N) is 1. The van der Waals surface area contributed by atoms with Crippen LogP contribution in [0.3, 0.4) is 0 Å². The monoisotopic (exact) mass is 267 g/mol. The van der Waals surface area contributed by atoms with E-state index in [0.29, 0.717) is 18.3 Å². The van der Waals surface area contributed by atoms with Crippen molar-refractivity contribution in [2.24, 2.45) is 0 Å². The Balaban J connectivity index is 2.41. The second-order valence-electron chi connectivity index (χ2n) is 4.92. The van der Waals surface area contributed by atoms with Gasteiger partial charge in [-0.25, -0.2) is 4.39 Å². The number of hydrogen-bond acceptors (Lipinski definition) is 3. The molecule has 0 bridgehead atoms. The molecule has 0 spiro atoms. The van der Waals surface area contributed by atoms with Gasteiger partial charge >= 0.3 is 0 Å². The summed E-state index contributed by atoms with van der Waals surface area (Å²) in [4.78, 5) is 14.0. The second kappa shape index (κ2) is 7.09. The third kappa shape index (κ3) is 4.87. The number of nitrogens with two attached hydrogens (primary N) is 1. The molecule has 19 heavy (non-hydrogen) atoms. The lowest BCUT2D eigenvalue weighted by atomic mass is 10.1. The molecule has 3 N–H and O–H groups in total. The average molecular weight is 267 g/mol. The summed E-state index contributed by atoms with van der Waals surface area (Å²) in [6.45, 7) is 5.63. The van der Waals surface area contributed by atoms with Crippen molar-refractivity contribution in [3.8, 4) is 0 Å². The molecule has 4 nitrogen and oxygen atoms in total. The molecule has 0 fully saturated rings. The van der Waals surface area contributed by atoms with Gasteiger partial charge in [0.2, 0.25) is 0 Å². The van der Waals surface area contributed by atoms with Crippen molar-refractivity contribution in [3.05, 3.63) is 29.6 Å². The molecule has 0 atom stereocenters. The average Bonchev–Trinajstić information content (AvgIpc) is 2.36. The van der Waals surface area contributed by atoms with Gasteiger partial charge in [-0.1, -0.05) is 0 Å². The van der Waals surface area contributed by atoms with Crippen LogP contribution < -0.4 is 11.1 Å². The Morgan fingerprint density at radius 3 is 2.79 bits per heavy atom. The number of rotatable bonds is 6. The zero-order chi connectivity index (χ0) is 14.4. The minimum absolute atomic E-state index is 0.00258. The standard InChI is InChI=1S/C14H22FN3O/c1-10(2)18(3)8-4-7-17-14(19)12-9-11(16)5-6-13(12)15/h5-6,9-10H,4,7-8,16H2,1-3H3,(H,17,19). The van der Waals surface area contributed by atoms with Crippen molar-refractivity contribution < 1.29 is 9.18 Å². The Bertz CT molecular complexity index is 435. The zero-order valence-electron chi connectivity index (χ0n) is 11.7. The molecule has 0 radical (unpaired) electrons. The molecule has 0 saturated carbocycles. The van der Waals surface area contributed by atoms with E-state index in [1.165, 1.54) is 18.2 Å². The van der Waals surface area contributed by atoms with Crippen molar-refractivity contribution in [2.45, 2.75) is 26.3 Å². The maximum atomic E-state index is 13.4. The summed E-state index contributed by atoms with van der Waals surface area (Å²) in [5.74, 6) is -0.969. The lowest BCUT2D eigenvalue weighted by molar-refractivity contribution is 0.0947. The highest BCUT2D eigenvalue weighted by atomic mass is 19.1. The van der Waals surface area contributed by atoms with Gasteiger partial charge < -0.3 is 16.0 Å². The number of amides is 1. The number of anilines is 1. The van der Waals surface area contributed by atoms with E-state index < -0.39 is 11.7 Å². The van der Waals surface area contributed by atoms with Crippen LogP contribution in [0, 0.1) is 5.82 Å². The number of benzene rings is 1. The van der Waals surface area contributed by atoms with E-state index in [1.54, 1.807) is 0 Å². The summed E-state index contributed by atoms with van der Waals surface area (Å²) < 4.78 is 13.4. The highest BCUT2D eigenvalue weighted by Crippen LogP contribution is 2.11. The predicted molar refractivity (Wildman–Crippen MR) is 75.5 cm³/mol. The number of nitrogen functional groups attached to an aromatic ring is 1. The fourth-order valence-corrected chi connectivity index (χ4v) is 1.60. The molecule has 1 aromatic carbocycles. The van der Waals surface area contributed by atoms with Gasteiger partial charge in [-0.2, -0.15) is 0 Å². The van der Waals surface area contributed by atoms with Gasteiger partial charge in [0.1, 0.15) is 5.82 Å². The van der Waals surface area contributed by atoms with Gasteiger partial charge in [-0.05, 0) is 52.1 Å². The Morgan fingerprint density at radius 2 is 2.16 bits per heavy atom. The molecule has 106 valence electrons. The van der Waals surface area contributed by atoms with Gasteiger partial charge in [-0.3, -0.25) is 4.79 Å². The van der Waals surface area contributed by atoms with Gasteiger partial charge in [0.05, 0.1) is 5.56 Å². The van der Waals surface area contributed by atoms with Crippen molar-refractivity contribution >= 4 is 11.6 Å². The number of nitrogens with zero attached hydrogens (tertiary/aromatic N) is 1. The fraction of sp³-hybridized carbons (Fsp3) is 0.500. The number of carbonyl (C=O) groups is 1.